The number of carbonyl (C=O) groups is 1. The zero-order valence-electron chi connectivity index (χ0n) is 19.1. The minimum Gasteiger partial charge on any atom is -0.493 e. The van der Waals surface area contributed by atoms with Crippen LogP contribution in [0.5, 0.6) is 17.2 Å². The summed E-state index contributed by atoms with van der Waals surface area (Å²) in [6, 6.07) is 16.2. The molecule has 0 aliphatic rings. The molecule has 0 aliphatic heterocycles. The molecular formula is C25H27N3O5. The van der Waals surface area contributed by atoms with E-state index in [9.17, 15) is 9.59 Å². The van der Waals surface area contributed by atoms with Crippen LogP contribution >= 0.6 is 0 Å². The van der Waals surface area contributed by atoms with Crippen LogP contribution in [0.2, 0.25) is 0 Å². The number of amides is 1. The minimum absolute atomic E-state index is 0.0168. The number of nitrogens with zero attached hydrogens (tertiary/aromatic N) is 2. The van der Waals surface area contributed by atoms with Gasteiger partial charge in [0.2, 0.25) is 5.75 Å². The predicted octanol–water partition coefficient (Wildman–Crippen LogP) is 3.79. The van der Waals surface area contributed by atoms with Crippen molar-refractivity contribution in [2.75, 3.05) is 14.2 Å². The highest BCUT2D eigenvalue weighted by molar-refractivity contribution is 5.94. The maximum atomic E-state index is 12.5. The van der Waals surface area contributed by atoms with E-state index in [2.05, 4.69) is 10.5 Å². The number of hydrogen-bond acceptors (Lipinski definition) is 6. The lowest BCUT2D eigenvalue weighted by atomic mass is 10.2. The van der Waals surface area contributed by atoms with Crippen molar-refractivity contribution >= 4 is 12.1 Å². The molecule has 0 fully saturated rings. The van der Waals surface area contributed by atoms with E-state index in [0.29, 0.717) is 29.4 Å². The number of hydrogen-bond donors (Lipinski definition) is 1. The maximum absolute atomic E-state index is 12.5. The number of benzene rings is 2. The zero-order chi connectivity index (χ0) is 23.8. The van der Waals surface area contributed by atoms with Gasteiger partial charge in [-0.1, -0.05) is 30.3 Å². The number of carbonyl (C=O) groups excluding carboxylic acids is 1. The van der Waals surface area contributed by atoms with Crippen molar-refractivity contribution in [2.45, 2.75) is 26.5 Å². The standard InChI is InChI=1S/C25H27N3O5/c1-17(2)28-12-8-11-20(25(28)30)24(29)27-26-15-19-13-21(31-3)23(22(14-19)32-4)33-16-18-9-6-5-7-10-18/h5-15,17H,16H2,1-4H3,(H,27,29)/b26-15-. The third-order valence-electron chi connectivity index (χ3n) is 4.86. The van der Waals surface area contributed by atoms with Crippen LogP contribution < -0.4 is 25.2 Å². The van der Waals surface area contributed by atoms with Gasteiger partial charge in [0.1, 0.15) is 12.2 Å². The van der Waals surface area contributed by atoms with Crippen molar-refractivity contribution in [2.24, 2.45) is 5.10 Å². The van der Waals surface area contributed by atoms with Crippen molar-refractivity contribution in [1.82, 2.24) is 9.99 Å². The second-order valence-corrected chi connectivity index (χ2v) is 7.46. The molecule has 0 spiro atoms. The molecule has 1 aromatic heterocycles. The van der Waals surface area contributed by atoms with E-state index in [0.717, 1.165) is 5.56 Å². The number of hydrazone groups is 1. The van der Waals surface area contributed by atoms with Crippen molar-refractivity contribution in [3.63, 3.8) is 0 Å². The highest BCUT2D eigenvalue weighted by atomic mass is 16.5. The quantitative estimate of drug-likeness (QED) is 0.396. The summed E-state index contributed by atoms with van der Waals surface area (Å²) in [5, 5.41) is 3.98. The molecule has 1 N–H and O–H groups in total. The minimum atomic E-state index is -0.590. The van der Waals surface area contributed by atoms with Gasteiger partial charge in [-0.05, 0) is 43.7 Å². The second-order valence-electron chi connectivity index (χ2n) is 7.46. The molecule has 0 unspecified atom stereocenters. The number of rotatable bonds is 9. The maximum Gasteiger partial charge on any atom is 0.276 e. The van der Waals surface area contributed by atoms with E-state index in [1.807, 2.05) is 44.2 Å². The third-order valence-corrected chi connectivity index (χ3v) is 4.86. The van der Waals surface area contributed by atoms with E-state index in [1.54, 1.807) is 24.4 Å². The molecule has 8 nitrogen and oxygen atoms in total. The first-order chi connectivity index (χ1) is 15.9. The first-order valence-corrected chi connectivity index (χ1v) is 10.4. The number of ether oxygens (including phenoxy) is 3. The van der Waals surface area contributed by atoms with Crippen molar-refractivity contribution < 1.29 is 19.0 Å². The van der Waals surface area contributed by atoms with Gasteiger partial charge in [0.05, 0.1) is 20.4 Å². The Morgan fingerprint density at radius 3 is 2.33 bits per heavy atom. The fourth-order valence-electron chi connectivity index (χ4n) is 3.16. The topological polar surface area (TPSA) is 91.2 Å². The van der Waals surface area contributed by atoms with Crippen LogP contribution in [0, 0.1) is 0 Å². The van der Waals surface area contributed by atoms with Crippen molar-refractivity contribution in [3.05, 3.63) is 87.8 Å². The number of nitrogens with one attached hydrogen (secondary N) is 1. The summed E-state index contributed by atoms with van der Waals surface area (Å²) in [6.45, 7) is 4.09. The van der Waals surface area contributed by atoms with Crippen LogP contribution in [0.15, 0.2) is 70.7 Å². The average Bonchev–Trinajstić information content (AvgIpc) is 2.83. The summed E-state index contributed by atoms with van der Waals surface area (Å²) in [4.78, 5) is 24.9. The number of methoxy groups -OCH3 is 2. The molecule has 1 amide bonds. The van der Waals surface area contributed by atoms with Gasteiger partial charge in [0.15, 0.2) is 11.5 Å². The predicted molar refractivity (Wildman–Crippen MR) is 126 cm³/mol. The summed E-state index contributed by atoms with van der Waals surface area (Å²) >= 11 is 0. The first-order valence-electron chi connectivity index (χ1n) is 10.4. The molecule has 0 bridgehead atoms. The van der Waals surface area contributed by atoms with Crippen molar-refractivity contribution in [3.8, 4) is 17.2 Å². The molecule has 8 heteroatoms. The Hall–Kier alpha value is -4.07. The molecular weight excluding hydrogens is 422 g/mol. The Balaban J connectivity index is 1.76. The van der Waals surface area contributed by atoms with E-state index in [4.69, 9.17) is 14.2 Å². The largest absolute Gasteiger partial charge is 0.493 e. The van der Waals surface area contributed by atoms with Crippen LogP contribution in [0.4, 0.5) is 0 Å². The molecule has 0 saturated heterocycles. The Labute approximate surface area is 192 Å². The lowest BCUT2D eigenvalue weighted by Gasteiger charge is -2.15. The second kappa shape index (κ2) is 11.0. The molecule has 1 heterocycles. The summed E-state index contributed by atoms with van der Waals surface area (Å²) in [7, 11) is 3.06. The summed E-state index contributed by atoms with van der Waals surface area (Å²) in [6.07, 6.45) is 3.08. The fraction of sp³-hybridized carbons (Fsp3) is 0.240. The molecule has 0 atom stereocenters. The summed E-state index contributed by atoms with van der Waals surface area (Å²) in [5.74, 6) is 0.790. The third kappa shape index (κ3) is 5.79. The smallest absolute Gasteiger partial charge is 0.276 e. The van der Waals surface area contributed by atoms with Gasteiger partial charge in [0, 0.05) is 17.8 Å². The van der Waals surface area contributed by atoms with Crippen LogP contribution in [0.1, 0.15) is 41.4 Å². The molecule has 0 radical (unpaired) electrons. The van der Waals surface area contributed by atoms with Gasteiger partial charge in [-0.3, -0.25) is 9.59 Å². The van der Waals surface area contributed by atoms with Gasteiger partial charge >= 0.3 is 0 Å². The Bertz CT molecular complexity index is 1160. The molecule has 172 valence electrons. The van der Waals surface area contributed by atoms with Crippen LogP contribution in [0.25, 0.3) is 0 Å². The lowest BCUT2D eigenvalue weighted by Crippen LogP contribution is -2.31. The molecule has 0 aliphatic carbocycles. The lowest BCUT2D eigenvalue weighted by molar-refractivity contribution is 0.0953. The van der Waals surface area contributed by atoms with Gasteiger partial charge in [-0.25, -0.2) is 5.43 Å². The van der Waals surface area contributed by atoms with Crippen LogP contribution in [-0.2, 0) is 6.61 Å². The highest BCUT2D eigenvalue weighted by Gasteiger charge is 2.15. The Morgan fingerprint density at radius 2 is 1.73 bits per heavy atom. The number of aromatic nitrogens is 1. The van der Waals surface area contributed by atoms with Gasteiger partial charge in [0.25, 0.3) is 11.5 Å². The Morgan fingerprint density at radius 1 is 1.06 bits per heavy atom. The zero-order valence-corrected chi connectivity index (χ0v) is 19.1. The van der Waals surface area contributed by atoms with E-state index in [-0.39, 0.29) is 17.2 Å². The van der Waals surface area contributed by atoms with Crippen LogP contribution in [-0.4, -0.2) is 30.9 Å². The van der Waals surface area contributed by atoms with Crippen molar-refractivity contribution in [1.29, 1.82) is 0 Å². The van der Waals surface area contributed by atoms with E-state index >= 15 is 0 Å². The molecule has 0 saturated carbocycles. The fourth-order valence-corrected chi connectivity index (χ4v) is 3.16. The number of pyridine rings is 1. The van der Waals surface area contributed by atoms with Gasteiger partial charge in [-0.15, -0.1) is 0 Å². The highest BCUT2D eigenvalue weighted by Crippen LogP contribution is 2.38. The molecule has 2 aromatic carbocycles. The Kier molecular flexibility index (Phi) is 7.86. The molecule has 33 heavy (non-hydrogen) atoms. The summed E-state index contributed by atoms with van der Waals surface area (Å²) in [5.41, 5.74) is 3.66. The normalized spacial score (nSPS) is 10.9. The molecule has 3 rings (SSSR count). The van der Waals surface area contributed by atoms with E-state index in [1.165, 1.54) is 31.1 Å². The SMILES string of the molecule is COc1cc(/C=N\NC(=O)c2cccn(C(C)C)c2=O)cc(OC)c1OCc1ccccc1. The van der Waals surface area contributed by atoms with E-state index < -0.39 is 5.91 Å². The first kappa shape index (κ1) is 23.6. The average molecular weight is 450 g/mol. The monoisotopic (exact) mass is 449 g/mol. The van der Waals surface area contributed by atoms with Gasteiger partial charge in [-0.2, -0.15) is 5.10 Å². The van der Waals surface area contributed by atoms with Gasteiger partial charge < -0.3 is 18.8 Å². The van der Waals surface area contributed by atoms with Crippen LogP contribution in [0.3, 0.4) is 0 Å². The summed E-state index contributed by atoms with van der Waals surface area (Å²) < 4.78 is 18.4. The molecule has 3 aromatic rings.